The number of carbonyl (C=O) groups is 2. The third-order valence-corrected chi connectivity index (χ3v) is 10.5. The summed E-state index contributed by atoms with van der Waals surface area (Å²) in [5, 5.41) is 3.45. The summed E-state index contributed by atoms with van der Waals surface area (Å²) in [7, 11) is -4.01. The van der Waals surface area contributed by atoms with Crippen molar-refractivity contribution in [2.75, 3.05) is 13.2 Å². The van der Waals surface area contributed by atoms with E-state index in [4.69, 9.17) is 9.73 Å². The largest absolute Gasteiger partial charge is 0.384 e. The van der Waals surface area contributed by atoms with Crippen LogP contribution in [-0.4, -0.2) is 59.8 Å². The van der Waals surface area contributed by atoms with Gasteiger partial charge in [0.25, 0.3) is 10.0 Å². The van der Waals surface area contributed by atoms with Crippen molar-refractivity contribution in [3.63, 3.8) is 0 Å². The van der Waals surface area contributed by atoms with Crippen molar-refractivity contribution in [2.45, 2.75) is 41.6 Å². The molecule has 1 spiro atoms. The molecule has 0 unspecified atom stereocenters. The number of hydrogen-bond donors (Lipinski definition) is 1. The number of Topliss-reactive ketones (excluding diaryl/α,β-unsaturated/α-hetero) is 1. The number of benzene rings is 1. The fraction of sp³-hybridized carbons (Fsp3) is 0.346. The van der Waals surface area contributed by atoms with Crippen LogP contribution < -0.4 is 5.32 Å². The summed E-state index contributed by atoms with van der Waals surface area (Å²) in [6.07, 6.45) is 5.74. The number of carbonyl (C=O) groups excluding carboxylic acids is 2. The molecule has 184 valence electrons. The molecule has 0 radical (unpaired) electrons. The predicted octanol–water partition coefficient (Wildman–Crippen LogP) is 2.59. The summed E-state index contributed by atoms with van der Waals surface area (Å²) in [6, 6.07) is 6.35. The lowest BCUT2D eigenvalue weighted by atomic mass is 9.60. The molecule has 1 saturated heterocycles. The van der Waals surface area contributed by atoms with Crippen molar-refractivity contribution < 1.29 is 22.7 Å². The van der Waals surface area contributed by atoms with E-state index in [-0.39, 0.29) is 28.1 Å². The Bertz CT molecular complexity index is 1580. The van der Waals surface area contributed by atoms with Crippen molar-refractivity contribution in [3.05, 3.63) is 70.6 Å². The Kier molecular flexibility index (Phi) is 4.58. The molecule has 3 aliphatic heterocycles. The van der Waals surface area contributed by atoms with E-state index in [9.17, 15) is 18.0 Å². The van der Waals surface area contributed by atoms with Gasteiger partial charge in [0, 0.05) is 29.3 Å². The van der Waals surface area contributed by atoms with E-state index in [1.54, 1.807) is 36.5 Å². The number of nitrogens with zero attached hydrogens (tertiary/aromatic N) is 2. The second kappa shape index (κ2) is 7.36. The highest BCUT2D eigenvalue weighted by Crippen LogP contribution is 2.55. The molecule has 1 fully saturated rings. The molecule has 2 bridgehead atoms. The Morgan fingerprint density at radius 3 is 2.78 bits per heavy atom. The average molecular weight is 568 g/mol. The minimum absolute atomic E-state index is 0.0748. The van der Waals surface area contributed by atoms with Crippen molar-refractivity contribution in [2.24, 2.45) is 10.4 Å². The highest BCUT2D eigenvalue weighted by atomic mass is 79.9. The number of ether oxygens (including phenoxy) is 1. The van der Waals surface area contributed by atoms with Crippen LogP contribution in [0.5, 0.6) is 0 Å². The van der Waals surface area contributed by atoms with E-state index >= 15 is 0 Å². The zero-order chi connectivity index (χ0) is 25.0. The fourth-order valence-electron chi connectivity index (χ4n) is 6.27. The standard InChI is InChI=1S/C26H22BrN3O5S/c1-13-2-4-16(5-3-13)36(33,34)30-11-14-7-9-28-21-18(14)23(30)24(32)22-19(21)26-8-6-17(31)20(27)25(26)35-12-15(10-26)29-22/h2-6,8,11,15,20,25,28H,7,9-10,12H2,1H3/t15-,20-,25-,26+/m0/s1. The van der Waals surface area contributed by atoms with E-state index in [2.05, 4.69) is 21.2 Å². The van der Waals surface area contributed by atoms with Gasteiger partial charge in [-0.15, -0.1) is 0 Å². The van der Waals surface area contributed by atoms with Gasteiger partial charge >= 0.3 is 0 Å². The second-order valence-electron chi connectivity index (χ2n) is 10.0. The van der Waals surface area contributed by atoms with E-state index in [0.717, 1.165) is 20.8 Å². The van der Waals surface area contributed by atoms with Crippen molar-refractivity contribution in [1.82, 2.24) is 9.29 Å². The van der Waals surface area contributed by atoms with Gasteiger partial charge in [-0.2, -0.15) is 0 Å². The van der Waals surface area contributed by atoms with Gasteiger partial charge in [0.15, 0.2) is 5.78 Å². The van der Waals surface area contributed by atoms with E-state index < -0.39 is 32.2 Å². The summed E-state index contributed by atoms with van der Waals surface area (Å²) in [5.74, 6) is -0.482. The molecule has 1 aromatic heterocycles. The number of alkyl halides is 1. The Morgan fingerprint density at radius 1 is 1.22 bits per heavy atom. The Hall–Kier alpha value is -2.82. The summed E-state index contributed by atoms with van der Waals surface area (Å²) in [4.78, 5) is 31.0. The molecule has 7 rings (SSSR count). The first-order valence-corrected chi connectivity index (χ1v) is 14.2. The highest BCUT2D eigenvalue weighted by molar-refractivity contribution is 9.10. The molecule has 36 heavy (non-hydrogen) atoms. The monoisotopic (exact) mass is 567 g/mol. The number of allylic oxidation sites excluding steroid dienone is 1. The van der Waals surface area contributed by atoms with Gasteiger partial charge in [0.1, 0.15) is 16.2 Å². The first kappa shape index (κ1) is 22.4. The number of fused-ring (bicyclic) bond motifs is 2. The Labute approximate surface area is 216 Å². The van der Waals surface area contributed by atoms with Gasteiger partial charge in [-0.3, -0.25) is 14.6 Å². The number of aromatic nitrogens is 1. The number of nitrogens with one attached hydrogen (secondary N) is 1. The van der Waals surface area contributed by atoms with Gasteiger partial charge in [0.2, 0.25) is 5.78 Å². The van der Waals surface area contributed by atoms with E-state index in [1.807, 2.05) is 13.0 Å². The van der Waals surface area contributed by atoms with Gasteiger partial charge in [0.05, 0.1) is 29.3 Å². The van der Waals surface area contributed by atoms with Crippen molar-refractivity contribution >= 4 is 48.9 Å². The van der Waals surface area contributed by atoms with E-state index in [0.29, 0.717) is 37.1 Å². The number of halogens is 1. The van der Waals surface area contributed by atoms with Crippen LogP contribution in [0.4, 0.5) is 0 Å². The SMILES string of the molecule is Cc1ccc(S(=O)(=O)n2cc3c4c2C(=O)C2=N[C@@H]5CO[C@H]6[C@@H](Br)C(=O)C=C[C@@]6(C5)C2=C4NCC3)cc1. The summed E-state index contributed by atoms with van der Waals surface area (Å²) < 4.78 is 34.8. The van der Waals surface area contributed by atoms with Crippen LogP contribution in [0.1, 0.15) is 33.6 Å². The molecule has 2 aromatic rings. The molecule has 8 nitrogen and oxygen atoms in total. The first-order valence-electron chi connectivity index (χ1n) is 11.9. The van der Waals surface area contributed by atoms with Crippen LogP contribution in [0.3, 0.4) is 0 Å². The van der Waals surface area contributed by atoms with E-state index in [1.165, 1.54) is 0 Å². The van der Waals surface area contributed by atoms with Crippen LogP contribution in [0.15, 0.2) is 58.1 Å². The van der Waals surface area contributed by atoms with Crippen molar-refractivity contribution in [3.8, 4) is 0 Å². The maximum Gasteiger partial charge on any atom is 0.268 e. The first-order chi connectivity index (χ1) is 17.2. The third-order valence-electron chi connectivity index (χ3n) is 7.90. The Morgan fingerprint density at radius 2 is 2.00 bits per heavy atom. The molecule has 2 aliphatic carbocycles. The van der Waals surface area contributed by atoms with Crippen LogP contribution >= 0.6 is 15.9 Å². The number of aryl methyl sites for hydroxylation is 1. The Balaban J connectivity index is 1.51. The minimum atomic E-state index is -4.01. The van der Waals surface area contributed by atoms with Crippen LogP contribution in [0.2, 0.25) is 0 Å². The molecule has 0 saturated carbocycles. The molecule has 1 aromatic carbocycles. The normalized spacial score (nSPS) is 30.3. The number of ketones is 2. The number of hydrogen-bond acceptors (Lipinski definition) is 7. The van der Waals surface area contributed by atoms with Crippen LogP contribution in [0.25, 0.3) is 5.70 Å². The zero-order valence-electron chi connectivity index (χ0n) is 19.3. The number of rotatable bonds is 2. The van der Waals surface area contributed by atoms with Crippen molar-refractivity contribution in [1.29, 1.82) is 0 Å². The average Bonchev–Trinajstić information content (AvgIpc) is 3.27. The predicted molar refractivity (Wildman–Crippen MR) is 136 cm³/mol. The van der Waals surface area contributed by atoms with Gasteiger partial charge in [-0.25, -0.2) is 12.4 Å². The van der Waals surface area contributed by atoms with Gasteiger partial charge in [-0.05, 0) is 43.5 Å². The van der Waals surface area contributed by atoms with Gasteiger partial charge in [-0.1, -0.05) is 39.7 Å². The lowest BCUT2D eigenvalue weighted by Crippen LogP contribution is -2.59. The lowest BCUT2D eigenvalue weighted by Gasteiger charge is -2.52. The molecule has 4 heterocycles. The number of aliphatic imine (C=N–C) groups is 1. The molecule has 0 amide bonds. The van der Waals surface area contributed by atoms with Crippen LogP contribution in [0, 0.1) is 12.3 Å². The molecule has 4 atom stereocenters. The highest BCUT2D eigenvalue weighted by Gasteiger charge is 2.59. The minimum Gasteiger partial charge on any atom is -0.384 e. The smallest absolute Gasteiger partial charge is 0.268 e. The molecule has 5 aliphatic rings. The van der Waals surface area contributed by atoms with Crippen LogP contribution in [-0.2, 0) is 26.0 Å². The fourth-order valence-corrected chi connectivity index (χ4v) is 8.44. The zero-order valence-corrected chi connectivity index (χ0v) is 21.7. The lowest BCUT2D eigenvalue weighted by molar-refractivity contribution is -0.122. The molecule has 10 heteroatoms. The molecular formula is C26H22BrN3O5S. The quantitative estimate of drug-likeness (QED) is 0.559. The summed E-state index contributed by atoms with van der Waals surface area (Å²) >= 11 is 3.53. The maximum atomic E-state index is 14.1. The molecule has 1 N–H and O–H groups in total. The van der Waals surface area contributed by atoms with Gasteiger partial charge < -0.3 is 10.1 Å². The third kappa shape index (κ3) is 2.77. The molecular weight excluding hydrogens is 546 g/mol. The summed E-state index contributed by atoms with van der Waals surface area (Å²) in [6.45, 7) is 2.78. The second-order valence-corrected chi connectivity index (χ2v) is 12.8. The maximum absolute atomic E-state index is 14.1. The topological polar surface area (TPSA) is 107 Å². The summed E-state index contributed by atoms with van der Waals surface area (Å²) in [5.41, 5.74) is 3.45.